The second-order valence-electron chi connectivity index (χ2n) is 7.18. The lowest BCUT2D eigenvalue weighted by Crippen LogP contribution is -2.05. The van der Waals surface area contributed by atoms with Crippen molar-refractivity contribution in [3.63, 3.8) is 0 Å². The number of fused-ring (bicyclic) bond motifs is 2. The topological polar surface area (TPSA) is 104 Å². The second kappa shape index (κ2) is 6.56. The largest absolute Gasteiger partial charge is 0.319 e. The van der Waals surface area contributed by atoms with Crippen molar-refractivity contribution in [2.24, 2.45) is 0 Å². The first-order chi connectivity index (χ1) is 14.0. The average molecular weight is 404 g/mol. The maximum atomic E-state index is 12.4. The van der Waals surface area contributed by atoms with Gasteiger partial charge < -0.3 is 4.57 Å². The van der Waals surface area contributed by atoms with Crippen LogP contribution >= 0.6 is 7.14 Å². The van der Waals surface area contributed by atoms with Crippen molar-refractivity contribution in [3.05, 3.63) is 60.7 Å². The number of nitrogens with zero attached hydrogens (tertiary/aromatic N) is 8. The van der Waals surface area contributed by atoms with Gasteiger partial charge in [-0.1, -0.05) is 29.5 Å². The van der Waals surface area contributed by atoms with Gasteiger partial charge in [-0.3, -0.25) is 4.40 Å². The van der Waals surface area contributed by atoms with Gasteiger partial charge in [-0.25, -0.2) is 14.6 Å². The summed E-state index contributed by atoms with van der Waals surface area (Å²) < 4.78 is 16.0. The van der Waals surface area contributed by atoms with Crippen molar-refractivity contribution in [1.29, 1.82) is 0 Å². The zero-order chi connectivity index (χ0) is 20.0. The highest BCUT2D eigenvalue weighted by Gasteiger charge is 2.14. The number of hydrogen-bond acceptors (Lipinski definition) is 7. The number of hydrogen-bond donors (Lipinski definition) is 0. The molecular formula is C19H17N8OP. The zero-order valence-corrected chi connectivity index (χ0v) is 16.7. The van der Waals surface area contributed by atoms with Crippen molar-refractivity contribution in [1.82, 2.24) is 39.6 Å². The van der Waals surface area contributed by atoms with Gasteiger partial charge in [0.15, 0.2) is 11.3 Å². The second-order valence-corrected chi connectivity index (χ2v) is 10.4. The Morgan fingerprint density at radius 3 is 2.86 bits per heavy atom. The third-order valence-electron chi connectivity index (χ3n) is 4.68. The standard InChI is InChI=1S/C19H17N8OP/c1-29(2,28)15-5-3-4-14(8-15)16-9-20-18-19(22-16)27(25-24-18)11-13-6-7-17-23-21-12-26(17)10-13/h3-10,12H,11H2,1-2H3. The summed E-state index contributed by atoms with van der Waals surface area (Å²) in [6, 6.07) is 11.5. The maximum absolute atomic E-state index is 12.4. The summed E-state index contributed by atoms with van der Waals surface area (Å²) >= 11 is 0. The van der Waals surface area contributed by atoms with Crippen molar-refractivity contribution < 1.29 is 4.57 Å². The van der Waals surface area contributed by atoms with Gasteiger partial charge in [0.25, 0.3) is 0 Å². The Hall–Kier alpha value is -3.45. The molecule has 0 bridgehead atoms. The fourth-order valence-electron chi connectivity index (χ4n) is 3.14. The molecule has 1 aromatic carbocycles. The SMILES string of the molecule is CP(C)(=O)c1cccc(-c2cnc3nnn(Cc4ccc5nncn5c4)c3n2)c1. The molecule has 5 aromatic rings. The lowest BCUT2D eigenvalue weighted by atomic mass is 10.2. The maximum Gasteiger partial charge on any atom is 0.221 e. The molecule has 0 spiro atoms. The Morgan fingerprint density at radius 2 is 2.00 bits per heavy atom. The summed E-state index contributed by atoms with van der Waals surface area (Å²) in [5, 5.41) is 17.0. The van der Waals surface area contributed by atoms with Crippen molar-refractivity contribution in [2.75, 3.05) is 13.3 Å². The molecule has 0 saturated heterocycles. The first kappa shape index (κ1) is 17.6. The summed E-state index contributed by atoms with van der Waals surface area (Å²) in [7, 11) is -2.36. The first-order valence-corrected chi connectivity index (χ1v) is 11.6. The molecule has 0 aliphatic heterocycles. The van der Waals surface area contributed by atoms with E-state index >= 15 is 0 Å². The normalized spacial score (nSPS) is 12.1. The van der Waals surface area contributed by atoms with Crippen LogP contribution < -0.4 is 5.30 Å². The molecule has 144 valence electrons. The van der Waals surface area contributed by atoms with Gasteiger partial charge in [0.05, 0.1) is 18.4 Å². The van der Waals surface area contributed by atoms with Crippen LogP contribution in [0.15, 0.2) is 55.1 Å². The van der Waals surface area contributed by atoms with E-state index in [0.717, 1.165) is 22.1 Å². The quantitative estimate of drug-likeness (QED) is 0.423. The van der Waals surface area contributed by atoms with E-state index in [2.05, 4.69) is 25.5 Å². The smallest absolute Gasteiger partial charge is 0.221 e. The molecular weight excluding hydrogens is 387 g/mol. The first-order valence-electron chi connectivity index (χ1n) is 8.98. The molecule has 0 radical (unpaired) electrons. The Morgan fingerprint density at radius 1 is 1.10 bits per heavy atom. The minimum Gasteiger partial charge on any atom is -0.319 e. The Labute approximate surface area is 165 Å². The van der Waals surface area contributed by atoms with Gasteiger partial charge in [-0.15, -0.1) is 15.3 Å². The van der Waals surface area contributed by atoms with E-state index in [0.29, 0.717) is 23.5 Å². The van der Waals surface area contributed by atoms with Crippen LogP contribution in [0.1, 0.15) is 5.56 Å². The van der Waals surface area contributed by atoms with Gasteiger partial charge in [-0.05, 0) is 31.0 Å². The minimum atomic E-state index is -2.36. The van der Waals surface area contributed by atoms with Crippen molar-refractivity contribution >= 4 is 29.4 Å². The van der Waals surface area contributed by atoms with E-state index < -0.39 is 7.14 Å². The van der Waals surface area contributed by atoms with E-state index in [1.807, 2.05) is 47.0 Å². The summed E-state index contributed by atoms with van der Waals surface area (Å²) in [5.41, 5.74) is 4.41. The molecule has 4 heterocycles. The third kappa shape index (κ3) is 3.30. The lowest BCUT2D eigenvalue weighted by molar-refractivity contribution is 0.588. The summed E-state index contributed by atoms with van der Waals surface area (Å²) in [6.45, 7) is 4.00. The van der Waals surface area contributed by atoms with Crippen LogP contribution in [0.25, 0.3) is 28.2 Å². The minimum absolute atomic E-state index is 0.479. The Bertz CT molecular complexity index is 1400. The van der Waals surface area contributed by atoms with E-state index in [9.17, 15) is 4.57 Å². The van der Waals surface area contributed by atoms with Crippen LogP contribution in [0, 0.1) is 0 Å². The molecule has 5 rings (SSSR count). The van der Waals surface area contributed by atoms with Gasteiger partial charge in [-0.2, -0.15) is 0 Å². The molecule has 29 heavy (non-hydrogen) atoms. The number of rotatable bonds is 4. The van der Waals surface area contributed by atoms with Gasteiger partial charge >= 0.3 is 0 Å². The zero-order valence-electron chi connectivity index (χ0n) is 15.8. The van der Waals surface area contributed by atoms with Gasteiger partial charge in [0, 0.05) is 17.1 Å². The lowest BCUT2D eigenvalue weighted by Gasteiger charge is -2.09. The number of aromatic nitrogens is 8. The molecule has 0 unspecified atom stereocenters. The monoisotopic (exact) mass is 404 g/mol. The predicted octanol–water partition coefficient (Wildman–Crippen LogP) is 2.23. The van der Waals surface area contributed by atoms with Gasteiger partial charge in [0.1, 0.15) is 13.5 Å². The van der Waals surface area contributed by atoms with Crippen LogP contribution in [-0.4, -0.2) is 52.9 Å². The van der Waals surface area contributed by atoms with E-state index in [1.54, 1.807) is 30.5 Å². The molecule has 0 amide bonds. The molecule has 4 aromatic heterocycles. The summed E-state index contributed by atoms with van der Waals surface area (Å²) in [5.74, 6) is 0. The van der Waals surface area contributed by atoms with Crippen molar-refractivity contribution in [2.45, 2.75) is 6.54 Å². The average Bonchev–Trinajstić information content (AvgIpc) is 3.34. The molecule has 0 N–H and O–H groups in total. The molecule has 0 saturated carbocycles. The van der Waals surface area contributed by atoms with E-state index in [4.69, 9.17) is 4.98 Å². The van der Waals surface area contributed by atoms with Crippen LogP contribution in [-0.2, 0) is 11.1 Å². The highest BCUT2D eigenvalue weighted by Crippen LogP contribution is 2.35. The van der Waals surface area contributed by atoms with Crippen LogP contribution in [0.4, 0.5) is 0 Å². The van der Waals surface area contributed by atoms with Crippen molar-refractivity contribution in [3.8, 4) is 11.3 Å². The molecule has 0 aliphatic rings. The predicted molar refractivity (Wildman–Crippen MR) is 110 cm³/mol. The highest BCUT2D eigenvalue weighted by atomic mass is 31.2. The molecule has 0 fully saturated rings. The molecule has 10 heteroatoms. The molecule has 9 nitrogen and oxygen atoms in total. The number of benzene rings is 1. The summed E-state index contributed by atoms with van der Waals surface area (Å²) in [4.78, 5) is 9.13. The number of pyridine rings is 1. The highest BCUT2D eigenvalue weighted by molar-refractivity contribution is 7.70. The van der Waals surface area contributed by atoms with Crippen LogP contribution in [0.5, 0.6) is 0 Å². The molecule has 0 atom stereocenters. The van der Waals surface area contributed by atoms with E-state index in [1.165, 1.54) is 0 Å². The summed E-state index contributed by atoms with van der Waals surface area (Å²) in [6.07, 6.45) is 5.27. The third-order valence-corrected chi connectivity index (χ3v) is 6.20. The molecule has 0 aliphatic carbocycles. The fourth-order valence-corrected chi connectivity index (χ4v) is 4.04. The fraction of sp³-hybridized carbons (Fsp3) is 0.158. The van der Waals surface area contributed by atoms with Gasteiger partial charge in [0.2, 0.25) is 5.65 Å². The Balaban J connectivity index is 1.54. The van der Waals surface area contributed by atoms with Crippen LogP contribution in [0.3, 0.4) is 0 Å². The van der Waals surface area contributed by atoms with Crippen LogP contribution in [0.2, 0.25) is 0 Å². The Kier molecular flexibility index (Phi) is 3.99. The van der Waals surface area contributed by atoms with E-state index in [-0.39, 0.29) is 0 Å².